The van der Waals surface area contributed by atoms with Crippen molar-refractivity contribution in [2.75, 3.05) is 4.90 Å². The van der Waals surface area contributed by atoms with Gasteiger partial charge in [0.15, 0.2) is 5.58 Å². The smallest absolute Gasteiger partial charge is 0.227 e. The summed E-state index contributed by atoms with van der Waals surface area (Å²) in [5.74, 6) is 0.591. The zero-order valence-electron chi connectivity index (χ0n) is 27.8. The Labute approximate surface area is 297 Å². The molecule has 0 radical (unpaired) electrons. The summed E-state index contributed by atoms with van der Waals surface area (Å²) in [5.41, 5.74) is 11.0. The maximum Gasteiger partial charge on any atom is 0.227 e. The van der Waals surface area contributed by atoms with E-state index in [2.05, 4.69) is 114 Å². The van der Waals surface area contributed by atoms with E-state index in [1.54, 1.807) is 0 Å². The van der Waals surface area contributed by atoms with Gasteiger partial charge in [-0.1, -0.05) is 91.0 Å². The Balaban J connectivity index is 1.07. The first-order chi connectivity index (χ1) is 25.7. The summed E-state index contributed by atoms with van der Waals surface area (Å²) in [6, 6.07) is 58.7. The number of rotatable bonds is 5. The molecule has 3 heterocycles. The van der Waals surface area contributed by atoms with E-state index in [-0.39, 0.29) is 0 Å². The van der Waals surface area contributed by atoms with Gasteiger partial charge in [-0.15, -0.1) is 0 Å². The minimum absolute atomic E-state index is 0.591. The van der Waals surface area contributed by atoms with Crippen LogP contribution in [-0.4, -0.2) is 4.98 Å². The standard InChI is InChI=1S/C47H28N2O3/c1-2-10-31(11-3-1)47-48-40-25-26-42-45(46(40)52-47)39-24-22-34(28-44(39)51-42)49(33-21-23-38-37-14-6-7-16-41(37)50-43(38)27-33)32-19-17-30(18-20-32)36-15-8-12-29-9-4-5-13-35(29)36/h1-28H. The molecule has 0 amide bonds. The van der Waals surface area contributed by atoms with E-state index in [0.29, 0.717) is 5.89 Å². The SMILES string of the molecule is c1ccc(-c2nc3ccc4oc5cc(N(c6ccc(-c7cccc8ccccc78)cc6)c6ccc7c(c6)oc6ccccc67)ccc5c4c3o2)cc1. The topological polar surface area (TPSA) is 55.6 Å². The molecule has 244 valence electrons. The van der Waals surface area contributed by atoms with Crippen molar-refractivity contribution in [1.82, 2.24) is 4.98 Å². The number of aromatic nitrogens is 1. The summed E-state index contributed by atoms with van der Waals surface area (Å²) in [5, 5.41) is 6.54. The normalized spacial score (nSPS) is 11.8. The van der Waals surface area contributed by atoms with Gasteiger partial charge in [-0.2, -0.15) is 0 Å². The number of furan rings is 2. The quantitative estimate of drug-likeness (QED) is 0.183. The van der Waals surface area contributed by atoms with Crippen molar-refractivity contribution in [3.05, 3.63) is 170 Å². The average Bonchev–Trinajstić information content (AvgIpc) is 3.91. The third-order valence-electron chi connectivity index (χ3n) is 10.1. The molecule has 5 nitrogen and oxygen atoms in total. The van der Waals surface area contributed by atoms with E-state index < -0.39 is 0 Å². The maximum absolute atomic E-state index is 6.53. The molecular formula is C47H28N2O3. The van der Waals surface area contributed by atoms with Crippen LogP contribution >= 0.6 is 0 Å². The Morgan fingerprint density at radius 1 is 0.404 bits per heavy atom. The first kappa shape index (κ1) is 28.7. The van der Waals surface area contributed by atoms with Crippen molar-refractivity contribution in [1.29, 1.82) is 0 Å². The second-order valence-corrected chi connectivity index (χ2v) is 13.1. The molecule has 52 heavy (non-hydrogen) atoms. The highest BCUT2D eigenvalue weighted by molar-refractivity contribution is 6.17. The molecule has 3 aromatic heterocycles. The lowest BCUT2D eigenvalue weighted by atomic mass is 9.98. The van der Waals surface area contributed by atoms with Gasteiger partial charge in [-0.05, 0) is 88.6 Å². The molecule has 0 saturated heterocycles. The number of hydrogen-bond donors (Lipinski definition) is 0. The molecule has 0 aliphatic carbocycles. The molecule has 0 fully saturated rings. The van der Waals surface area contributed by atoms with Crippen LogP contribution in [0.25, 0.3) is 88.3 Å². The van der Waals surface area contributed by atoms with Crippen molar-refractivity contribution in [3.8, 4) is 22.6 Å². The fourth-order valence-electron chi connectivity index (χ4n) is 7.65. The first-order valence-corrected chi connectivity index (χ1v) is 17.4. The second-order valence-electron chi connectivity index (χ2n) is 13.1. The second kappa shape index (κ2) is 11.2. The molecule has 0 atom stereocenters. The third kappa shape index (κ3) is 4.46. The monoisotopic (exact) mass is 668 g/mol. The first-order valence-electron chi connectivity index (χ1n) is 17.4. The van der Waals surface area contributed by atoms with E-state index in [4.69, 9.17) is 18.2 Å². The van der Waals surface area contributed by atoms with E-state index >= 15 is 0 Å². The van der Waals surface area contributed by atoms with Gasteiger partial charge in [0.25, 0.3) is 0 Å². The van der Waals surface area contributed by atoms with Crippen molar-refractivity contribution in [2.24, 2.45) is 0 Å². The highest BCUT2D eigenvalue weighted by Crippen LogP contribution is 2.43. The fourth-order valence-corrected chi connectivity index (χ4v) is 7.65. The van der Waals surface area contributed by atoms with Crippen LogP contribution in [0.3, 0.4) is 0 Å². The van der Waals surface area contributed by atoms with Crippen LogP contribution < -0.4 is 4.90 Å². The maximum atomic E-state index is 6.53. The molecule has 11 rings (SSSR count). The number of benzene rings is 8. The van der Waals surface area contributed by atoms with Crippen molar-refractivity contribution < 1.29 is 13.3 Å². The van der Waals surface area contributed by atoms with Gasteiger partial charge in [0.2, 0.25) is 5.89 Å². The lowest BCUT2D eigenvalue weighted by Gasteiger charge is -2.25. The minimum atomic E-state index is 0.591. The lowest BCUT2D eigenvalue weighted by molar-refractivity contribution is 0.622. The molecule has 5 heteroatoms. The van der Waals surface area contributed by atoms with E-state index in [1.807, 2.05) is 60.7 Å². The Morgan fingerprint density at radius 3 is 1.90 bits per heavy atom. The largest absolute Gasteiger partial charge is 0.456 e. The minimum Gasteiger partial charge on any atom is -0.456 e. The highest BCUT2D eigenvalue weighted by atomic mass is 16.4. The van der Waals surface area contributed by atoms with Crippen LogP contribution in [0, 0.1) is 0 Å². The molecular weight excluding hydrogens is 641 g/mol. The van der Waals surface area contributed by atoms with Crippen LogP contribution in [-0.2, 0) is 0 Å². The highest BCUT2D eigenvalue weighted by Gasteiger charge is 2.20. The number of para-hydroxylation sites is 1. The Morgan fingerprint density at radius 2 is 1.06 bits per heavy atom. The zero-order chi connectivity index (χ0) is 34.2. The summed E-state index contributed by atoms with van der Waals surface area (Å²) in [6.45, 7) is 0. The van der Waals surface area contributed by atoms with Gasteiger partial charge in [0.1, 0.15) is 27.8 Å². The van der Waals surface area contributed by atoms with Crippen LogP contribution in [0.15, 0.2) is 183 Å². The van der Waals surface area contributed by atoms with Gasteiger partial charge in [0.05, 0.1) is 5.39 Å². The van der Waals surface area contributed by atoms with Crippen LogP contribution in [0.2, 0.25) is 0 Å². The van der Waals surface area contributed by atoms with Crippen molar-refractivity contribution >= 4 is 82.8 Å². The van der Waals surface area contributed by atoms with Gasteiger partial charge < -0.3 is 18.2 Å². The fraction of sp³-hybridized carbons (Fsp3) is 0. The number of fused-ring (bicyclic) bond motifs is 9. The summed E-state index contributed by atoms with van der Waals surface area (Å²) in [7, 11) is 0. The van der Waals surface area contributed by atoms with Crippen LogP contribution in [0.1, 0.15) is 0 Å². The van der Waals surface area contributed by atoms with E-state index in [0.717, 1.165) is 83.2 Å². The number of nitrogens with zero attached hydrogens (tertiary/aromatic N) is 2. The van der Waals surface area contributed by atoms with Gasteiger partial charge in [0, 0.05) is 50.9 Å². The molecule has 11 aromatic rings. The average molecular weight is 669 g/mol. The third-order valence-corrected chi connectivity index (χ3v) is 10.1. The molecule has 0 saturated carbocycles. The van der Waals surface area contributed by atoms with Crippen molar-refractivity contribution in [3.63, 3.8) is 0 Å². The Hall–Kier alpha value is -7.11. The van der Waals surface area contributed by atoms with Gasteiger partial charge in [-0.3, -0.25) is 0 Å². The lowest BCUT2D eigenvalue weighted by Crippen LogP contribution is -2.09. The number of hydrogen-bond acceptors (Lipinski definition) is 5. The predicted molar refractivity (Wildman–Crippen MR) is 212 cm³/mol. The molecule has 0 N–H and O–H groups in total. The van der Waals surface area contributed by atoms with Gasteiger partial charge in [-0.25, -0.2) is 4.98 Å². The molecule has 0 spiro atoms. The molecule has 0 aliphatic rings. The van der Waals surface area contributed by atoms with E-state index in [9.17, 15) is 0 Å². The van der Waals surface area contributed by atoms with Gasteiger partial charge >= 0.3 is 0 Å². The predicted octanol–water partition coefficient (Wildman–Crippen LogP) is 13.6. The Bertz CT molecular complexity index is 3130. The van der Waals surface area contributed by atoms with Crippen LogP contribution in [0.4, 0.5) is 17.1 Å². The number of oxazole rings is 1. The van der Waals surface area contributed by atoms with Crippen LogP contribution in [0.5, 0.6) is 0 Å². The zero-order valence-corrected chi connectivity index (χ0v) is 27.8. The molecule has 0 aliphatic heterocycles. The summed E-state index contributed by atoms with van der Waals surface area (Å²) in [6.07, 6.45) is 0. The summed E-state index contributed by atoms with van der Waals surface area (Å²) < 4.78 is 19.3. The summed E-state index contributed by atoms with van der Waals surface area (Å²) >= 11 is 0. The molecule has 0 unspecified atom stereocenters. The van der Waals surface area contributed by atoms with E-state index in [1.165, 1.54) is 16.3 Å². The van der Waals surface area contributed by atoms with Crippen molar-refractivity contribution in [2.45, 2.75) is 0 Å². The Kier molecular flexibility index (Phi) is 6.18. The summed E-state index contributed by atoms with van der Waals surface area (Å²) in [4.78, 5) is 7.06. The molecule has 8 aromatic carbocycles. The number of anilines is 3. The molecule has 0 bridgehead atoms.